The average Bonchev–Trinajstić information content (AvgIpc) is 3.12. The second kappa shape index (κ2) is 10.6. The van der Waals surface area contributed by atoms with E-state index in [1.165, 1.54) is 25.7 Å². The molecule has 1 aliphatic rings. The summed E-state index contributed by atoms with van der Waals surface area (Å²) in [5, 5.41) is 8.43. The molecule has 0 heterocycles. The van der Waals surface area contributed by atoms with Crippen molar-refractivity contribution in [2.75, 3.05) is 26.7 Å². The zero-order chi connectivity index (χ0) is 17.9. The van der Waals surface area contributed by atoms with Crippen LogP contribution in [0.4, 0.5) is 4.79 Å². The minimum Gasteiger partial charge on any atom is -0.497 e. The maximum absolute atomic E-state index is 11.8. The first-order chi connectivity index (χ1) is 12.2. The number of nitrogens with one attached hydrogen (secondary N) is 3. The summed E-state index contributed by atoms with van der Waals surface area (Å²) in [4.78, 5) is 23.5. The van der Waals surface area contributed by atoms with E-state index in [1.54, 1.807) is 7.11 Å². The van der Waals surface area contributed by atoms with Crippen molar-refractivity contribution in [2.24, 2.45) is 5.92 Å². The maximum atomic E-state index is 11.8. The quantitative estimate of drug-likeness (QED) is 0.599. The summed E-state index contributed by atoms with van der Waals surface area (Å²) >= 11 is 0. The molecule has 0 unspecified atom stereocenters. The Kier molecular flexibility index (Phi) is 8.09. The second-order valence-corrected chi connectivity index (χ2v) is 6.49. The van der Waals surface area contributed by atoms with E-state index in [9.17, 15) is 9.59 Å². The molecule has 1 aromatic rings. The van der Waals surface area contributed by atoms with Gasteiger partial charge in [0.05, 0.1) is 7.11 Å². The summed E-state index contributed by atoms with van der Waals surface area (Å²) in [6.07, 6.45) is 6.21. The zero-order valence-corrected chi connectivity index (χ0v) is 15.0. The highest BCUT2D eigenvalue weighted by Gasteiger charge is 2.17. The van der Waals surface area contributed by atoms with Crippen LogP contribution in [0, 0.1) is 5.92 Å². The van der Waals surface area contributed by atoms with E-state index in [-0.39, 0.29) is 11.9 Å². The van der Waals surface area contributed by atoms with Crippen LogP contribution in [0.5, 0.6) is 5.75 Å². The van der Waals surface area contributed by atoms with Gasteiger partial charge in [-0.05, 0) is 42.9 Å². The topological polar surface area (TPSA) is 79.5 Å². The normalized spacial score (nSPS) is 14.1. The predicted molar refractivity (Wildman–Crippen MR) is 97.7 cm³/mol. The van der Waals surface area contributed by atoms with E-state index < -0.39 is 0 Å². The first-order valence-corrected chi connectivity index (χ1v) is 9.08. The van der Waals surface area contributed by atoms with Crippen LogP contribution >= 0.6 is 0 Å². The van der Waals surface area contributed by atoms with Crippen LogP contribution in [-0.4, -0.2) is 38.7 Å². The van der Waals surface area contributed by atoms with Gasteiger partial charge in [0, 0.05) is 26.1 Å². The van der Waals surface area contributed by atoms with Crippen molar-refractivity contribution in [1.29, 1.82) is 0 Å². The summed E-state index contributed by atoms with van der Waals surface area (Å²) in [6, 6.07) is 7.57. The highest BCUT2D eigenvalue weighted by atomic mass is 16.5. The van der Waals surface area contributed by atoms with Crippen LogP contribution in [0.3, 0.4) is 0 Å². The van der Waals surface area contributed by atoms with Gasteiger partial charge in [-0.15, -0.1) is 0 Å². The van der Waals surface area contributed by atoms with Gasteiger partial charge < -0.3 is 20.7 Å². The molecule has 0 spiro atoms. The molecule has 0 saturated heterocycles. The monoisotopic (exact) mass is 347 g/mol. The lowest BCUT2D eigenvalue weighted by Gasteiger charge is -2.11. The van der Waals surface area contributed by atoms with Gasteiger partial charge in [-0.3, -0.25) is 4.79 Å². The first-order valence-electron chi connectivity index (χ1n) is 9.08. The van der Waals surface area contributed by atoms with E-state index in [4.69, 9.17) is 4.74 Å². The van der Waals surface area contributed by atoms with Crippen LogP contribution in [0.15, 0.2) is 24.3 Å². The molecule has 1 saturated carbocycles. The summed E-state index contributed by atoms with van der Waals surface area (Å²) in [7, 11) is 1.64. The smallest absolute Gasteiger partial charge is 0.314 e. The van der Waals surface area contributed by atoms with Crippen molar-refractivity contribution in [3.8, 4) is 5.75 Å². The highest BCUT2D eigenvalue weighted by molar-refractivity contribution is 5.76. The third-order valence-electron chi connectivity index (χ3n) is 4.54. The van der Waals surface area contributed by atoms with Crippen molar-refractivity contribution in [1.82, 2.24) is 16.0 Å². The molecular formula is C19H29N3O3. The van der Waals surface area contributed by atoms with Crippen molar-refractivity contribution < 1.29 is 14.3 Å². The van der Waals surface area contributed by atoms with Crippen LogP contribution in [0.1, 0.15) is 37.7 Å². The van der Waals surface area contributed by atoms with Gasteiger partial charge in [-0.1, -0.05) is 25.0 Å². The fourth-order valence-corrected chi connectivity index (χ4v) is 3.10. The Bertz CT molecular complexity index is 539. The maximum Gasteiger partial charge on any atom is 0.314 e. The molecule has 0 radical (unpaired) electrons. The third-order valence-corrected chi connectivity index (χ3v) is 4.54. The number of hydrogen-bond acceptors (Lipinski definition) is 3. The first kappa shape index (κ1) is 19.1. The van der Waals surface area contributed by atoms with E-state index in [0.29, 0.717) is 32.0 Å². The van der Waals surface area contributed by atoms with Gasteiger partial charge in [-0.2, -0.15) is 0 Å². The van der Waals surface area contributed by atoms with Crippen molar-refractivity contribution >= 4 is 11.9 Å². The zero-order valence-electron chi connectivity index (χ0n) is 15.0. The summed E-state index contributed by atoms with van der Waals surface area (Å²) in [5.41, 5.74) is 1.14. The molecule has 1 aliphatic carbocycles. The van der Waals surface area contributed by atoms with Crippen LogP contribution < -0.4 is 20.7 Å². The lowest BCUT2D eigenvalue weighted by molar-refractivity contribution is -0.121. The number of carbonyl (C=O) groups excluding carboxylic acids is 2. The molecule has 0 atom stereocenters. The Morgan fingerprint density at radius 1 is 1.00 bits per heavy atom. The van der Waals surface area contributed by atoms with Crippen molar-refractivity contribution in [2.45, 2.75) is 38.5 Å². The Hall–Kier alpha value is -2.24. The van der Waals surface area contributed by atoms with E-state index in [1.807, 2.05) is 24.3 Å². The van der Waals surface area contributed by atoms with Gasteiger partial charge in [0.1, 0.15) is 5.75 Å². The standard InChI is InChI=1S/C19H29N3O3/c1-25-17-8-6-15(7-9-17)10-11-21-19(24)22-13-12-20-18(23)14-16-4-2-3-5-16/h6-9,16H,2-5,10-14H2,1H3,(H,20,23)(H2,21,22,24). The number of carbonyl (C=O) groups is 2. The van der Waals surface area contributed by atoms with Gasteiger partial charge in [0.2, 0.25) is 5.91 Å². The van der Waals surface area contributed by atoms with E-state index >= 15 is 0 Å². The fourth-order valence-electron chi connectivity index (χ4n) is 3.10. The Morgan fingerprint density at radius 2 is 1.64 bits per heavy atom. The van der Waals surface area contributed by atoms with E-state index in [0.717, 1.165) is 17.7 Å². The van der Waals surface area contributed by atoms with Crippen LogP contribution in [0.2, 0.25) is 0 Å². The molecule has 138 valence electrons. The molecule has 6 nitrogen and oxygen atoms in total. The second-order valence-electron chi connectivity index (χ2n) is 6.49. The summed E-state index contributed by atoms with van der Waals surface area (Å²) in [6.45, 7) is 1.47. The molecule has 0 bridgehead atoms. The summed E-state index contributed by atoms with van der Waals surface area (Å²) < 4.78 is 5.11. The number of urea groups is 1. The number of amides is 3. The van der Waals surface area contributed by atoms with Gasteiger partial charge in [-0.25, -0.2) is 4.79 Å². The third kappa shape index (κ3) is 7.45. The molecule has 0 aliphatic heterocycles. The molecule has 3 N–H and O–H groups in total. The van der Waals surface area contributed by atoms with Gasteiger partial charge in [0.15, 0.2) is 0 Å². The summed E-state index contributed by atoms with van der Waals surface area (Å²) in [5.74, 6) is 1.47. The minimum absolute atomic E-state index is 0.0913. The molecule has 3 amide bonds. The Morgan fingerprint density at radius 3 is 2.32 bits per heavy atom. The molecule has 1 aromatic carbocycles. The number of hydrogen-bond donors (Lipinski definition) is 3. The molecule has 25 heavy (non-hydrogen) atoms. The number of methoxy groups -OCH3 is 1. The van der Waals surface area contributed by atoms with E-state index in [2.05, 4.69) is 16.0 Å². The average molecular weight is 347 g/mol. The molecule has 2 rings (SSSR count). The van der Waals surface area contributed by atoms with Crippen LogP contribution in [-0.2, 0) is 11.2 Å². The number of ether oxygens (including phenoxy) is 1. The number of benzene rings is 1. The van der Waals surface area contributed by atoms with Crippen LogP contribution in [0.25, 0.3) is 0 Å². The molecule has 6 heteroatoms. The van der Waals surface area contributed by atoms with Gasteiger partial charge in [0.25, 0.3) is 0 Å². The van der Waals surface area contributed by atoms with Gasteiger partial charge >= 0.3 is 6.03 Å². The lowest BCUT2D eigenvalue weighted by atomic mass is 10.0. The SMILES string of the molecule is COc1ccc(CCNC(=O)NCCNC(=O)CC2CCCC2)cc1. The van der Waals surface area contributed by atoms with Crippen molar-refractivity contribution in [3.63, 3.8) is 0 Å². The molecular weight excluding hydrogens is 318 g/mol. The van der Waals surface area contributed by atoms with Crippen molar-refractivity contribution in [3.05, 3.63) is 29.8 Å². The minimum atomic E-state index is -0.210. The molecule has 0 aromatic heterocycles. The fraction of sp³-hybridized carbons (Fsp3) is 0.579. The largest absolute Gasteiger partial charge is 0.497 e. The highest BCUT2D eigenvalue weighted by Crippen LogP contribution is 2.27. The Labute approximate surface area is 149 Å². The lowest BCUT2D eigenvalue weighted by Crippen LogP contribution is -2.41. The Balaban J connectivity index is 1.49. The number of rotatable bonds is 9. The molecule has 1 fully saturated rings. The predicted octanol–water partition coefficient (Wildman–Crippen LogP) is 2.23.